The quantitative estimate of drug-likeness (QED) is 0.294. The molecule has 0 fully saturated rings. The van der Waals surface area contributed by atoms with Crippen molar-refractivity contribution in [2.75, 3.05) is 26.1 Å². The van der Waals surface area contributed by atoms with E-state index in [1.54, 1.807) is 31.8 Å². The SMILES string of the molecule is CN=C(NCc1ccc(S(C)(=O)=O)c(C)c1)NCC(SC)c1cccc(Cl)c1.I. The summed E-state index contributed by atoms with van der Waals surface area (Å²) in [6.45, 7) is 3.06. The average molecular weight is 568 g/mol. The molecule has 0 amide bonds. The first-order chi connectivity index (χ1) is 13.2. The molecule has 0 aliphatic carbocycles. The van der Waals surface area contributed by atoms with Gasteiger partial charge in [-0.15, -0.1) is 24.0 Å². The first-order valence-electron chi connectivity index (χ1n) is 8.77. The van der Waals surface area contributed by atoms with Gasteiger partial charge in [0.25, 0.3) is 0 Å². The third-order valence-corrected chi connectivity index (χ3v) is 6.78. The lowest BCUT2D eigenvalue weighted by molar-refractivity contribution is 0.601. The lowest BCUT2D eigenvalue weighted by Crippen LogP contribution is -2.38. The summed E-state index contributed by atoms with van der Waals surface area (Å²) >= 11 is 7.85. The Morgan fingerprint density at radius 1 is 1.21 bits per heavy atom. The van der Waals surface area contributed by atoms with Gasteiger partial charge in [0.2, 0.25) is 0 Å². The number of nitrogens with one attached hydrogen (secondary N) is 2. The number of hydrogen-bond acceptors (Lipinski definition) is 4. The zero-order chi connectivity index (χ0) is 20.7. The van der Waals surface area contributed by atoms with Crippen molar-refractivity contribution < 1.29 is 8.42 Å². The second-order valence-corrected chi connectivity index (χ2v) is 9.92. The van der Waals surface area contributed by atoms with Crippen LogP contribution in [0.25, 0.3) is 0 Å². The van der Waals surface area contributed by atoms with Gasteiger partial charge in [-0.3, -0.25) is 4.99 Å². The van der Waals surface area contributed by atoms with Crippen LogP contribution in [0.4, 0.5) is 0 Å². The number of aliphatic imine (C=N–C) groups is 1. The normalized spacial score (nSPS) is 12.8. The van der Waals surface area contributed by atoms with Crippen molar-refractivity contribution in [3.8, 4) is 0 Å². The van der Waals surface area contributed by atoms with Crippen molar-refractivity contribution in [2.45, 2.75) is 23.6 Å². The van der Waals surface area contributed by atoms with Crippen LogP contribution >= 0.6 is 47.3 Å². The Morgan fingerprint density at radius 3 is 2.48 bits per heavy atom. The molecule has 5 nitrogen and oxygen atoms in total. The van der Waals surface area contributed by atoms with Crippen LogP contribution in [0, 0.1) is 6.92 Å². The van der Waals surface area contributed by atoms with Gasteiger partial charge in [0.05, 0.1) is 4.90 Å². The highest BCUT2D eigenvalue weighted by Crippen LogP contribution is 2.27. The number of nitrogens with zero attached hydrogens (tertiary/aromatic N) is 1. The van der Waals surface area contributed by atoms with Gasteiger partial charge in [0.1, 0.15) is 0 Å². The maximum absolute atomic E-state index is 11.7. The molecule has 0 aliphatic rings. The van der Waals surface area contributed by atoms with Gasteiger partial charge < -0.3 is 10.6 Å². The Hall–Kier alpha value is -0.970. The number of hydrogen-bond donors (Lipinski definition) is 2. The van der Waals surface area contributed by atoms with Gasteiger partial charge in [-0.05, 0) is 48.1 Å². The van der Waals surface area contributed by atoms with Crippen LogP contribution < -0.4 is 10.6 Å². The van der Waals surface area contributed by atoms with Crippen molar-refractivity contribution >= 4 is 63.1 Å². The molecular weight excluding hydrogens is 541 g/mol. The van der Waals surface area contributed by atoms with Crippen molar-refractivity contribution in [1.82, 2.24) is 10.6 Å². The Labute approximate surface area is 200 Å². The largest absolute Gasteiger partial charge is 0.355 e. The van der Waals surface area contributed by atoms with Crippen LogP contribution in [0.2, 0.25) is 5.02 Å². The van der Waals surface area contributed by atoms with Crippen LogP contribution in [-0.4, -0.2) is 40.5 Å². The highest BCUT2D eigenvalue weighted by atomic mass is 127. The van der Waals surface area contributed by atoms with E-state index in [1.165, 1.54) is 6.26 Å². The molecule has 0 aliphatic heterocycles. The van der Waals surface area contributed by atoms with Gasteiger partial charge in [-0.1, -0.05) is 35.9 Å². The zero-order valence-corrected chi connectivity index (χ0v) is 21.6. The lowest BCUT2D eigenvalue weighted by atomic mass is 10.1. The second kappa shape index (κ2) is 12.0. The minimum absolute atomic E-state index is 0. The van der Waals surface area contributed by atoms with E-state index in [0.29, 0.717) is 23.9 Å². The molecule has 0 radical (unpaired) electrons. The van der Waals surface area contributed by atoms with Crippen LogP contribution in [-0.2, 0) is 16.4 Å². The summed E-state index contributed by atoms with van der Waals surface area (Å²) in [7, 11) is -1.48. The number of rotatable bonds is 7. The molecule has 29 heavy (non-hydrogen) atoms. The fraction of sp³-hybridized carbons (Fsp3) is 0.350. The molecule has 9 heteroatoms. The molecule has 2 aromatic carbocycles. The van der Waals surface area contributed by atoms with Gasteiger partial charge in [-0.2, -0.15) is 11.8 Å². The fourth-order valence-electron chi connectivity index (χ4n) is 2.88. The average Bonchev–Trinajstić information content (AvgIpc) is 2.63. The number of thioether (sulfide) groups is 1. The smallest absolute Gasteiger partial charge is 0.191 e. The number of benzene rings is 2. The zero-order valence-electron chi connectivity index (χ0n) is 16.9. The molecule has 0 saturated heterocycles. The molecule has 2 rings (SSSR count). The van der Waals surface area contributed by atoms with E-state index in [1.807, 2.05) is 30.3 Å². The molecular formula is C20H27ClIN3O2S2. The Balaban J connectivity index is 0.00000420. The summed E-state index contributed by atoms with van der Waals surface area (Å²) in [5, 5.41) is 7.58. The molecule has 0 saturated carbocycles. The molecule has 0 heterocycles. The Morgan fingerprint density at radius 2 is 1.93 bits per heavy atom. The van der Waals surface area contributed by atoms with Gasteiger partial charge in [0.15, 0.2) is 15.8 Å². The summed E-state index contributed by atoms with van der Waals surface area (Å²) in [5.41, 5.74) is 2.90. The third kappa shape index (κ3) is 7.99. The van der Waals surface area contributed by atoms with Crippen LogP contribution in [0.3, 0.4) is 0 Å². The minimum Gasteiger partial charge on any atom is -0.355 e. The van der Waals surface area contributed by atoms with Crippen molar-refractivity contribution in [3.63, 3.8) is 0 Å². The van der Waals surface area contributed by atoms with E-state index >= 15 is 0 Å². The third-order valence-electron chi connectivity index (χ3n) is 4.28. The molecule has 160 valence electrons. The topological polar surface area (TPSA) is 70.6 Å². The fourth-order valence-corrected chi connectivity index (χ4v) is 4.70. The van der Waals surface area contributed by atoms with E-state index in [0.717, 1.165) is 21.7 Å². The highest BCUT2D eigenvalue weighted by molar-refractivity contribution is 14.0. The summed E-state index contributed by atoms with van der Waals surface area (Å²) in [4.78, 5) is 4.63. The van der Waals surface area contributed by atoms with Crippen molar-refractivity contribution in [3.05, 3.63) is 64.2 Å². The summed E-state index contributed by atoms with van der Waals surface area (Å²) in [6, 6.07) is 13.2. The van der Waals surface area contributed by atoms with Crippen molar-refractivity contribution in [1.29, 1.82) is 0 Å². The Kier molecular flexibility index (Phi) is 10.8. The molecule has 1 atom stereocenters. The molecule has 0 bridgehead atoms. The number of aryl methyl sites for hydroxylation is 1. The molecule has 0 spiro atoms. The van der Waals surface area contributed by atoms with Crippen LogP contribution in [0.1, 0.15) is 21.9 Å². The molecule has 2 aromatic rings. The van der Waals surface area contributed by atoms with Gasteiger partial charge in [0, 0.05) is 36.7 Å². The summed E-state index contributed by atoms with van der Waals surface area (Å²) in [5.74, 6) is 0.686. The van der Waals surface area contributed by atoms with E-state index in [-0.39, 0.29) is 29.2 Å². The van der Waals surface area contributed by atoms with Crippen LogP contribution in [0.15, 0.2) is 52.4 Å². The van der Waals surface area contributed by atoms with Gasteiger partial charge in [-0.25, -0.2) is 8.42 Å². The van der Waals surface area contributed by atoms with Crippen LogP contribution in [0.5, 0.6) is 0 Å². The van der Waals surface area contributed by atoms with Gasteiger partial charge >= 0.3 is 0 Å². The minimum atomic E-state index is -3.20. The number of sulfone groups is 1. The standard InChI is InChI=1S/C20H26ClN3O2S2.HI/c1-14-10-15(8-9-19(14)28(4,25)26)12-23-20(22-2)24-13-18(27-3)16-6-5-7-17(21)11-16;/h5-11,18H,12-13H2,1-4H3,(H2,22,23,24);1H. The number of halogens is 2. The maximum Gasteiger partial charge on any atom is 0.191 e. The maximum atomic E-state index is 11.7. The van der Waals surface area contributed by atoms with Crippen molar-refractivity contribution in [2.24, 2.45) is 4.99 Å². The lowest BCUT2D eigenvalue weighted by Gasteiger charge is -2.18. The molecule has 0 aromatic heterocycles. The molecule has 2 N–H and O–H groups in total. The van der Waals surface area contributed by atoms with E-state index in [9.17, 15) is 8.42 Å². The number of guanidine groups is 1. The van der Waals surface area contributed by atoms with E-state index in [2.05, 4.69) is 27.9 Å². The predicted molar refractivity (Wildman–Crippen MR) is 136 cm³/mol. The van der Waals surface area contributed by atoms with E-state index in [4.69, 9.17) is 11.6 Å². The monoisotopic (exact) mass is 567 g/mol. The van der Waals surface area contributed by atoms with E-state index < -0.39 is 9.84 Å². The molecule has 1 unspecified atom stereocenters. The first kappa shape index (κ1) is 26.1. The summed E-state index contributed by atoms with van der Waals surface area (Å²) in [6.07, 6.45) is 3.29. The highest BCUT2D eigenvalue weighted by Gasteiger charge is 2.13. The summed E-state index contributed by atoms with van der Waals surface area (Å²) < 4.78 is 23.5. The Bertz CT molecular complexity index is 952. The predicted octanol–water partition coefficient (Wildman–Crippen LogP) is 4.44. The second-order valence-electron chi connectivity index (χ2n) is 6.46. The first-order valence-corrected chi connectivity index (χ1v) is 12.3.